The maximum atomic E-state index is 9.26. The van der Waals surface area contributed by atoms with E-state index in [2.05, 4.69) is 33.4 Å². The van der Waals surface area contributed by atoms with Crippen molar-refractivity contribution in [2.24, 2.45) is 10.2 Å². The lowest BCUT2D eigenvalue weighted by Gasteiger charge is -2.22. The summed E-state index contributed by atoms with van der Waals surface area (Å²) in [5.41, 5.74) is 4.56. The van der Waals surface area contributed by atoms with Crippen LogP contribution in [0.5, 0.6) is 0 Å². The molecule has 0 aliphatic rings. The van der Waals surface area contributed by atoms with Gasteiger partial charge in [0.15, 0.2) is 0 Å². The molecule has 4 rings (SSSR count). The van der Waals surface area contributed by atoms with E-state index in [0.29, 0.717) is 28.3 Å². The summed E-state index contributed by atoms with van der Waals surface area (Å²) in [7, 11) is 0. The SMILES string of the molecule is Cc1cc(N(CC#N)Cc2ccccc2)ccc1N=Nc1nc2cc(Cl)c(Cl)cc2s1. The number of rotatable bonds is 6. The van der Waals surface area contributed by atoms with Gasteiger partial charge >= 0.3 is 0 Å². The predicted octanol–water partition coefficient (Wildman–Crippen LogP) is 7.86. The van der Waals surface area contributed by atoms with Crippen LogP contribution in [-0.2, 0) is 6.54 Å². The number of azo groups is 1. The second kappa shape index (κ2) is 9.44. The molecule has 0 unspecified atom stereocenters. The van der Waals surface area contributed by atoms with Gasteiger partial charge < -0.3 is 4.90 Å². The minimum Gasteiger partial charge on any atom is -0.354 e. The quantitative estimate of drug-likeness (QED) is 0.215. The van der Waals surface area contributed by atoms with Gasteiger partial charge in [-0.15, -0.1) is 10.2 Å². The lowest BCUT2D eigenvalue weighted by atomic mass is 10.1. The average molecular weight is 466 g/mol. The smallest absolute Gasteiger partial charge is 0.231 e. The molecule has 0 saturated heterocycles. The Bertz CT molecular complexity index is 1260. The maximum absolute atomic E-state index is 9.26. The molecule has 0 N–H and O–H groups in total. The van der Waals surface area contributed by atoms with Crippen molar-refractivity contribution in [3.05, 3.63) is 81.8 Å². The van der Waals surface area contributed by atoms with E-state index >= 15 is 0 Å². The Labute approximate surface area is 194 Å². The molecule has 8 heteroatoms. The molecule has 0 amide bonds. The number of aromatic nitrogens is 1. The summed E-state index contributed by atoms with van der Waals surface area (Å²) in [5, 5.41) is 19.4. The first-order valence-corrected chi connectivity index (χ1v) is 11.0. The molecule has 0 aliphatic carbocycles. The van der Waals surface area contributed by atoms with Crippen LogP contribution in [-0.4, -0.2) is 11.5 Å². The average Bonchev–Trinajstić information content (AvgIpc) is 3.15. The van der Waals surface area contributed by atoms with Gasteiger partial charge in [-0.3, -0.25) is 0 Å². The molecule has 4 aromatic rings. The van der Waals surface area contributed by atoms with Crippen molar-refractivity contribution in [3.8, 4) is 6.07 Å². The molecule has 5 nitrogen and oxygen atoms in total. The molecule has 154 valence electrons. The van der Waals surface area contributed by atoms with Crippen molar-refractivity contribution in [1.82, 2.24) is 4.98 Å². The monoisotopic (exact) mass is 465 g/mol. The molecule has 1 aromatic heterocycles. The Morgan fingerprint density at radius 2 is 1.81 bits per heavy atom. The normalized spacial score (nSPS) is 11.2. The largest absolute Gasteiger partial charge is 0.354 e. The van der Waals surface area contributed by atoms with E-state index < -0.39 is 0 Å². The predicted molar refractivity (Wildman–Crippen MR) is 128 cm³/mol. The number of benzene rings is 3. The molecule has 3 aromatic carbocycles. The number of hydrogen-bond donors (Lipinski definition) is 0. The maximum Gasteiger partial charge on any atom is 0.231 e. The Hall–Kier alpha value is -2.98. The second-order valence-corrected chi connectivity index (χ2v) is 8.72. The number of hydrogen-bond acceptors (Lipinski definition) is 6. The summed E-state index contributed by atoms with van der Waals surface area (Å²) in [6.45, 7) is 2.93. The molecule has 0 atom stereocenters. The first-order valence-electron chi connectivity index (χ1n) is 9.47. The third kappa shape index (κ3) is 5.02. The van der Waals surface area contributed by atoms with Crippen molar-refractivity contribution in [3.63, 3.8) is 0 Å². The highest BCUT2D eigenvalue weighted by Crippen LogP contribution is 2.35. The fourth-order valence-electron chi connectivity index (χ4n) is 3.13. The topological polar surface area (TPSA) is 64.6 Å². The van der Waals surface area contributed by atoms with Crippen LogP contribution >= 0.6 is 34.5 Å². The third-order valence-corrected chi connectivity index (χ3v) is 6.31. The summed E-state index contributed by atoms with van der Waals surface area (Å²) in [4.78, 5) is 6.48. The Morgan fingerprint density at radius 3 is 2.55 bits per heavy atom. The summed E-state index contributed by atoms with van der Waals surface area (Å²) < 4.78 is 0.906. The summed E-state index contributed by atoms with van der Waals surface area (Å²) in [5.74, 6) is 0. The fraction of sp³-hybridized carbons (Fsp3) is 0.130. The van der Waals surface area contributed by atoms with Gasteiger partial charge in [-0.05, 0) is 48.4 Å². The van der Waals surface area contributed by atoms with E-state index in [-0.39, 0.29) is 0 Å². The summed E-state index contributed by atoms with van der Waals surface area (Å²) >= 11 is 13.5. The molecule has 0 fully saturated rings. The minimum atomic E-state index is 0.298. The van der Waals surface area contributed by atoms with Gasteiger partial charge in [-0.25, -0.2) is 4.98 Å². The van der Waals surface area contributed by atoms with Crippen LogP contribution in [0.2, 0.25) is 10.0 Å². The number of nitrogens with zero attached hydrogens (tertiary/aromatic N) is 5. The van der Waals surface area contributed by atoms with E-state index in [1.165, 1.54) is 11.3 Å². The first-order chi connectivity index (χ1) is 15.0. The van der Waals surface area contributed by atoms with Gasteiger partial charge in [0.25, 0.3) is 0 Å². The van der Waals surface area contributed by atoms with Crippen LogP contribution in [0.1, 0.15) is 11.1 Å². The molecule has 31 heavy (non-hydrogen) atoms. The van der Waals surface area contributed by atoms with Crippen LogP contribution in [0.4, 0.5) is 16.5 Å². The fourth-order valence-corrected chi connectivity index (χ4v) is 4.32. The Balaban J connectivity index is 1.56. The van der Waals surface area contributed by atoms with Crippen molar-refractivity contribution in [1.29, 1.82) is 5.26 Å². The highest BCUT2D eigenvalue weighted by atomic mass is 35.5. The molecule has 0 saturated carbocycles. The van der Waals surface area contributed by atoms with Crippen molar-refractivity contribution in [2.75, 3.05) is 11.4 Å². The van der Waals surface area contributed by atoms with Crippen LogP contribution in [0.3, 0.4) is 0 Å². The van der Waals surface area contributed by atoms with Crippen LogP contribution in [0.15, 0.2) is 70.9 Å². The van der Waals surface area contributed by atoms with Crippen molar-refractivity contribution in [2.45, 2.75) is 13.5 Å². The molecule has 0 aliphatic heterocycles. The number of halogens is 2. The zero-order valence-corrected chi connectivity index (χ0v) is 18.9. The van der Waals surface area contributed by atoms with Gasteiger partial charge in [-0.1, -0.05) is 64.9 Å². The Kier molecular flexibility index (Phi) is 6.47. The number of fused-ring (bicyclic) bond motifs is 1. The highest BCUT2D eigenvalue weighted by Gasteiger charge is 2.10. The van der Waals surface area contributed by atoms with Gasteiger partial charge in [0.05, 0.1) is 32.0 Å². The van der Waals surface area contributed by atoms with E-state index in [9.17, 15) is 5.26 Å². The molecule has 0 radical (unpaired) electrons. The van der Waals surface area contributed by atoms with E-state index in [0.717, 1.165) is 32.7 Å². The number of aryl methyl sites for hydroxylation is 1. The minimum absolute atomic E-state index is 0.298. The van der Waals surface area contributed by atoms with Gasteiger partial charge in [-0.2, -0.15) is 5.26 Å². The van der Waals surface area contributed by atoms with Crippen LogP contribution < -0.4 is 4.90 Å². The lowest BCUT2D eigenvalue weighted by molar-refractivity contribution is 0.871. The van der Waals surface area contributed by atoms with Crippen molar-refractivity contribution < 1.29 is 0 Å². The highest BCUT2D eigenvalue weighted by molar-refractivity contribution is 7.22. The van der Waals surface area contributed by atoms with Gasteiger partial charge in [0, 0.05) is 12.2 Å². The second-order valence-electron chi connectivity index (χ2n) is 6.90. The third-order valence-electron chi connectivity index (χ3n) is 4.69. The van der Waals surface area contributed by atoms with Gasteiger partial charge in [0.1, 0.15) is 6.54 Å². The van der Waals surface area contributed by atoms with Crippen LogP contribution in [0.25, 0.3) is 10.2 Å². The molecule has 0 spiro atoms. The zero-order chi connectivity index (χ0) is 21.8. The van der Waals surface area contributed by atoms with Crippen LogP contribution in [0, 0.1) is 18.3 Å². The first kappa shape index (κ1) is 21.3. The number of nitriles is 1. The standard InChI is InChI=1S/C23H17Cl2N5S/c1-15-11-17(30(10-9-26)14-16-5-3-2-4-6-16)7-8-20(15)28-29-23-27-21-12-18(24)19(25)13-22(21)31-23/h2-8,11-13H,10,14H2,1H3. The molecular formula is C23H17Cl2N5S. The number of anilines is 1. The molecular weight excluding hydrogens is 449 g/mol. The summed E-state index contributed by atoms with van der Waals surface area (Å²) in [6.07, 6.45) is 0. The van der Waals surface area contributed by atoms with E-state index in [1.54, 1.807) is 12.1 Å². The summed E-state index contributed by atoms with van der Waals surface area (Å²) in [6, 6.07) is 21.7. The van der Waals surface area contributed by atoms with Crippen molar-refractivity contribution >= 4 is 61.3 Å². The van der Waals surface area contributed by atoms with Gasteiger partial charge in [0.2, 0.25) is 5.13 Å². The zero-order valence-electron chi connectivity index (χ0n) is 16.6. The lowest BCUT2D eigenvalue weighted by Crippen LogP contribution is -2.22. The number of thiazole rings is 1. The molecule has 1 heterocycles. The van der Waals surface area contributed by atoms with E-state index in [1.807, 2.05) is 48.2 Å². The van der Waals surface area contributed by atoms with E-state index in [4.69, 9.17) is 23.2 Å². The molecule has 0 bridgehead atoms. The Morgan fingerprint density at radius 1 is 1.03 bits per heavy atom.